The van der Waals surface area contributed by atoms with Crippen LogP contribution in [0.5, 0.6) is 0 Å². The molecule has 1 atom stereocenters. The van der Waals surface area contributed by atoms with Crippen LogP contribution in [0.4, 0.5) is 0 Å². The lowest BCUT2D eigenvalue weighted by Crippen LogP contribution is -2.43. The first-order valence-electron chi connectivity index (χ1n) is 5.91. The Kier molecular flexibility index (Phi) is 4.40. The molecule has 1 aromatic rings. The number of carbonyl (C=O) groups is 2. The first-order valence-corrected chi connectivity index (χ1v) is 7.59. The second-order valence-electron chi connectivity index (χ2n) is 4.23. The summed E-state index contributed by atoms with van der Waals surface area (Å²) >= 11 is 5.08. The van der Waals surface area contributed by atoms with E-state index in [1.807, 2.05) is 18.4 Å². The highest BCUT2D eigenvalue weighted by atomic mass is 79.9. The van der Waals surface area contributed by atoms with Crippen molar-refractivity contribution in [3.8, 4) is 0 Å². The normalized spacial score (nSPS) is 20.8. The van der Waals surface area contributed by atoms with Crippen molar-refractivity contribution >= 4 is 39.1 Å². The Morgan fingerprint density at radius 3 is 2.94 bits per heavy atom. The Balaban J connectivity index is 2.13. The third-order valence-electron chi connectivity index (χ3n) is 2.99. The van der Waals surface area contributed by atoms with E-state index in [9.17, 15) is 9.59 Å². The first-order chi connectivity index (χ1) is 8.61. The average molecular weight is 331 g/mol. The van der Waals surface area contributed by atoms with Crippen molar-refractivity contribution in [2.75, 3.05) is 6.54 Å². The van der Waals surface area contributed by atoms with Gasteiger partial charge in [-0.15, -0.1) is 11.3 Å². The van der Waals surface area contributed by atoms with E-state index in [4.69, 9.17) is 0 Å². The summed E-state index contributed by atoms with van der Waals surface area (Å²) in [6.45, 7) is 2.97. The number of nitrogens with one attached hydrogen (secondary N) is 1. The van der Waals surface area contributed by atoms with Crippen LogP contribution in [0.2, 0.25) is 0 Å². The van der Waals surface area contributed by atoms with Crippen LogP contribution in [0.15, 0.2) is 15.9 Å². The topological polar surface area (TPSA) is 49.4 Å². The molecular formula is C12H15BrN2O2S. The molecule has 2 rings (SSSR count). The molecule has 1 aromatic heterocycles. The fraction of sp³-hybridized carbons (Fsp3) is 0.500. The van der Waals surface area contributed by atoms with E-state index < -0.39 is 0 Å². The number of hydrogen-bond donors (Lipinski definition) is 1. The number of halogens is 1. The molecule has 0 aliphatic carbocycles. The zero-order valence-corrected chi connectivity index (χ0v) is 12.5. The summed E-state index contributed by atoms with van der Waals surface area (Å²) in [6, 6.07) is 1.60. The van der Waals surface area contributed by atoms with Gasteiger partial charge >= 0.3 is 0 Å². The Hall–Kier alpha value is -0.880. The van der Waals surface area contributed by atoms with Gasteiger partial charge in [0.1, 0.15) is 6.04 Å². The molecule has 18 heavy (non-hydrogen) atoms. The van der Waals surface area contributed by atoms with Crippen LogP contribution in [-0.4, -0.2) is 29.3 Å². The summed E-state index contributed by atoms with van der Waals surface area (Å²) in [5, 5.41) is 4.75. The van der Waals surface area contributed by atoms with Gasteiger partial charge in [-0.25, -0.2) is 0 Å². The monoisotopic (exact) mass is 330 g/mol. The molecule has 1 N–H and O–H groups in total. The Labute approximate surface area is 118 Å². The maximum atomic E-state index is 12.3. The zero-order valence-electron chi connectivity index (χ0n) is 10.1. The number of amides is 2. The maximum absolute atomic E-state index is 12.3. The van der Waals surface area contributed by atoms with Gasteiger partial charge in [0, 0.05) is 22.3 Å². The molecule has 1 fully saturated rings. The summed E-state index contributed by atoms with van der Waals surface area (Å²) < 4.78 is 1.02. The van der Waals surface area contributed by atoms with E-state index in [0.29, 0.717) is 25.9 Å². The minimum absolute atomic E-state index is 0.0173. The van der Waals surface area contributed by atoms with E-state index in [0.717, 1.165) is 9.35 Å². The summed E-state index contributed by atoms with van der Waals surface area (Å²) in [4.78, 5) is 26.7. The lowest BCUT2D eigenvalue weighted by molar-refractivity contribution is -0.134. The van der Waals surface area contributed by atoms with Crippen LogP contribution in [-0.2, 0) is 16.1 Å². The van der Waals surface area contributed by atoms with Gasteiger partial charge in [0.2, 0.25) is 11.8 Å². The van der Waals surface area contributed by atoms with E-state index >= 15 is 0 Å². The Bertz CT molecular complexity index is 461. The zero-order chi connectivity index (χ0) is 13.1. The van der Waals surface area contributed by atoms with Gasteiger partial charge in [-0.3, -0.25) is 9.59 Å². The highest BCUT2D eigenvalue weighted by Gasteiger charge is 2.28. The van der Waals surface area contributed by atoms with Gasteiger partial charge in [-0.1, -0.05) is 6.92 Å². The molecule has 0 radical (unpaired) electrons. The van der Waals surface area contributed by atoms with E-state index in [-0.39, 0.29) is 17.9 Å². The number of hydrogen-bond acceptors (Lipinski definition) is 3. The maximum Gasteiger partial charge on any atom is 0.245 e. The van der Waals surface area contributed by atoms with Crippen molar-refractivity contribution in [3.63, 3.8) is 0 Å². The molecule has 1 unspecified atom stereocenters. The van der Waals surface area contributed by atoms with Crippen molar-refractivity contribution in [2.24, 2.45) is 0 Å². The summed E-state index contributed by atoms with van der Waals surface area (Å²) in [7, 11) is 0. The lowest BCUT2D eigenvalue weighted by Gasteiger charge is -2.23. The van der Waals surface area contributed by atoms with E-state index in [1.165, 1.54) is 0 Å². The van der Waals surface area contributed by atoms with Crippen molar-refractivity contribution in [3.05, 3.63) is 20.8 Å². The van der Waals surface area contributed by atoms with Crippen LogP contribution in [0.25, 0.3) is 0 Å². The molecule has 1 aliphatic heterocycles. The highest BCUT2D eigenvalue weighted by Crippen LogP contribution is 2.25. The molecule has 4 nitrogen and oxygen atoms in total. The predicted molar refractivity (Wildman–Crippen MR) is 74.3 cm³/mol. The van der Waals surface area contributed by atoms with E-state index in [2.05, 4.69) is 21.2 Å². The van der Waals surface area contributed by atoms with Crippen molar-refractivity contribution < 1.29 is 9.59 Å². The van der Waals surface area contributed by atoms with Crippen LogP contribution in [0, 0.1) is 0 Å². The van der Waals surface area contributed by atoms with Crippen LogP contribution < -0.4 is 5.32 Å². The van der Waals surface area contributed by atoms with Crippen LogP contribution in [0.1, 0.15) is 24.6 Å². The Morgan fingerprint density at radius 1 is 1.56 bits per heavy atom. The standard InChI is InChI=1S/C12H15BrN2O2S/c1-2-9-12(17)15(5-3-11(16)14-9)7-10-8(13)4-6-18-10/h4,6,9H,2-3,5,7H2,1H3,(H,14,16). The molecule has 1 aliphatic rings. The number of thiophene rings is 1. The summed E-state index contributed by atoms with van der Waals surface area (Å²) in [6.07, 6.45) is 1.01. The molecule has 98 valence electrons. The minimum Gasteiger partial charge on any atom is -0.344 e. The molecule has 6 heteroatoms. The third-order valence-corrected chi connectivity index (χ3v) is 4.90. The average Bonchev–Trinajstić information content (AvgIpc) is 2.70. The SMILES string of the molecule is CCC1NC(=O)CCN(Cc2sccc2Br)C1=O. The smallest absolute Gasteiger partial charge is 0.245 e. The van der Waals surface area contributed by atoms with Gasteiger partial charge < -0.3 is 10.2 Å². The predicted octanol–water partition coefficient (Wildman–Crippen LogP) is 2.14. The molecule has 2 amide bonds. The molecule has 2 heterocycles. The minimum atomic E-state index is -0.376. The fourth-order valence-corrected chi connectivity index (χ4v) is 3.43. The van der Waals surface area contributed by atoms with E-state index in [1.54, 1.807) is 16.2 Å². The van der Waals surface area contributed by atoms with Gasteiger partial charge in [-0.2, -0.15) is 0 Å². The molecule has 0 bridgehead atoms. The number of carbonyl (C=O) groups excluding carboxylic acids is 2. The highest BCUT2D eigenvalue weighted by molar-refractivity contribution is 9.10. The van der Waals surface area contributed by atoms with Gasteiger partial charge in [-0.05, 0) is 33.8 Å². The largest absolute Gasteiger partial charge is 0.344 e. The second kappa shape index (κ2) is 5.84. The number of rotatable bonds is 3. The van der Waals surface area contributed by atoms with Crippen LogP contribution >= 0.6 is 27.3 Å². The summed E-state index contributed by atoms with van der Waals surface area (Å²) in [5.74, 6) is -0.0217. The second-order valence-corrected chi connectivity index (χ2v) is 6.08. The quantitative estimate of drug-likeness (QED) is 0.923. The molecule has 0 aromatic carbocycles. The summed E-state index contributed by atoms with van der Waals surface area (Å²) in [5.41, 5.74) is 0. The number of nitrogens with zero attached hydrogens (tertiary/aromatic N) is 1. The van der Waals surface area contributed by atoms with Crippen molar-refractivity contribution in [1.82, 2.24) is 10.2 Å². The van der Waals surface area contributed by atoms with Gasteiger partial charge in [0.15, 0.2) is 0 Å². The molecule has 0 saturated carbocycles. The Morgan fingerprint density at radius 2 is 2.33 bits per heavy atom. The molecule has 1 saturated heterocycles. The third kappa shape index (κ3) is 2.92. The van der Waals surface area contributed by atoms with Gasteiger partial charge in [0.25, 0.3) is 0 Å². The molecular weight excluding hydrogens is 316 g/mol. The van der Waals surface area contributed by atoms with Crippen molar-refractivity contribution in [2.45, 2.75) is 32.4 Å². The fourth-order valence-electron chi connectivity index (χ4n) is 1.94. The van der Waals surface area contributed by atoms with Crippen LogP contribution in [0.3, 0.4) is 0 Å². The first kappa shape index (κ1) is 13.5. The van der Waals surface area contributed by atoms with Crippen molar-refractivity contribution in [1.29, 1.82) is 0 Å². The van der Waals surface area contributed by atoms with Gasteiger partial charge in [0.05, 0.1) is 6.54 Å². The lowest BCUT2D eigenvalue weighted by atomic mass is 10.2. The molecule has 0 spiro atoms.